The highest BCUT2D eigenvalue weighted by Gasteiger charge is 2.29. The van der Waals surface area contributed by atoms with E-state index in [1.165, 1.54) is 12.1 Å². The van der Waals surface area contributed by atoms with E-state index in [4.69, 9.17) is 15.1 Å². The molecule has 0 aliphatic heterocycles. The van der Waals surface area contributed by atoms with Gasteiger partial charge in [0.1, 0.15) is 5.75 Å². The minimum Gasteiger partial charge on any atom is -0.424 e. The van der Waals surface area contributed by atoms with Crippen LogP contribution in [0.2, 0.25) is 0 Å². The highest BCUT2D eigenvalue weighted by atomic mass is 31.2. The molecule has 8 heteroatoms. The van der Waals surface area contributed by atoms with Gasteiger partial charge >= 0.3 is 7.60 Å². The molecule has 0 saturated carbocycles. The Morgan fingerprint density at radius 3 is 2.33 bits per heavy atom. The number of carbonyl (C=O) groups is 1. The van der Waals surface area contributed by atoms with Crippen molar-refractivity contribution in [2.45, 2.75) is 12.6 Å². The van der Waals surface area contributed by atoms with Crippen LogP contribution in [0.15, 0.2) is 60.7 Å². The van der Waals surface area contributed by atoms with Crippen LogP contribution in [0, 0.1) is 0 Å². The predicted molar refractivity (Wildman–Crippen MR) is 89.1 cm³/mol. The van der Waals surface area contributed by atoms with E-state index in [0.29, 0.717) is 0 Å². The number of hydroxylamine groups is 1. The summed E-state index contributed by atoms with van der Waals surface area (Å²) >= 11 is 0. The maximum Gasteiger partial charge on any atom is 0.378 e. The summed E-state index contributed by atoms with van der Waals surface area (Å²) in [4.78, 5) is 26.7. The molecular formula is C16H19N2O5P. The first-order valence-corrected chi connectivity index (χ1v) is 9.00. The highest BCUT2D eigenvalue weighted by molar-refractivity contribution is 7.53. The number of hydrogen-bond donors (Lipinski definition) is 3. The Morgan fingerprint density at radius 1 is 1.12 bits per heavy atom. The normalized spacial score (nSPS) is 14.4. The summed E-state index contributed by atoms with van der Waals surface area (Å²) in [6.07, 6.45) is -0.525. The number of hydrogen-bond acceptors (Lipinski definition) is 5. The molecule has 0 radical (unpaired) electrons. The molecule has 2 atom stereocenters. The first-order chi connectivity index (χ1) is 11.5. The molecule has 1 amide bonds. The van der Waals surface area contributed by atoms with Gasteiger partial charge in [0.2, 0.25) is 0 Å². The summed E-state index contributed by atoms with van der Waals surface area (Å²) < 4.78 is 17.0. The lowest BCUT2D eigenvalue weighted by atomic mass is 10.2. The van der Waals surface area contributed by atoms with Gasteiger partial charge in [0.15, 0.2) is 0 Å². The number of para-hydroxylation sites is 1. The summed E-state index contributed by atoms with van der Waals surface area (Å²) in [5.74, 6) is -0.465. The number of carbonyl (C=O) groups excluding carboxylic acids is 1. The molecule has 24 heavy (non-hydrogen) atoms. The summed E-state index contributed by atoms with van der Waals surface area (Å²) in [6.45, 7) is 0.163. The molecular weight excluding hydrogens is 331 g/mol. The second kappa shape index (κ2) is 8.61. The second-order valence-corrected chi connectivity index (χ2v) is 6.89. The van der Waals surface area contributed by atoms with E-state index in [0.717, 1.165) is 5.56 Å². The molecule has 2 aromatic rings. The largest absolute Gasteiger partial charge is 0.424 e. The van der Waals surface area contributed by atoms with Gasteiger partial charge in [-0.05, 0) is 17.7 Å². The van der Waals surface area contributed by atoms with Crippen molar-refractivity contribution in [2.24, 2.45) is 5.73 Å². The molecule has 2 rings (SSSR count). The molecule has 0 aliphatic rings. The van der Waals surface area contributed by atoms with Gasteiger partial charge in [-0.1, -0.05) is 48.5 Å². The lowest BCUT2D eigenvalue weighted by Crippen LogP contribution is -2.43. The Labute approximate surface area is 139 Å². The fourth-order valence-electron chi connectivity index (χ4n) is 1.86. The first kappa shape index (κ1) is 18.2. The van der Waals surface area contributed by atoms with Gasteiger partial charge in [-0.25, -0.2) is 10.0 Å². The van der Waals surface area contributed by atoms with Crippen LogP contribution in [0.25, 0.3) is 0 Å². The number of benzene rings is 2. The number of nitrogens with two attached hydrogens (primary N) is 1. The van der Waals surface area contributed by atoms with Crippen molar-refractivity contribution in [1.82, 2.24) is 5.48 Å². The second-order valence-electron chi connectivity index (χ2n) is 5.07. The van der Waals surface area contributed by atoms with Gasteiger partial charge in [-0.3, -0.25) is 9.63 Å². The number of rotatable bonds is 8. The van der Waals surface area contributed by atoms with Crippen molar-refractivity contribution in [2.75, 3.05) is 6.16 Å². The zero-order valence-electron chi connectivity index (χ0n) is 12.9. The fourth-order valence-corrected chi connectivity index (χ4v) is 3.04. The van der Waals surface area contributed by atoms with Crippen LogP contribution in [-0.4, -0.2) is 23.0 Å². The Bertz CT molecular complexity index is 696. The topological polar surface area (TPSA) is 111 Å². The standard InChI is InChI=1S/C16H19N2O5P/c17-15(12-24(20,21)23-14-9-5-2-6-10-14)16(19)18-22-11-13-7-3-1-4-8-13/h1-10,15H,11-12,17H2,(H,18,19)(H,20,21). The lowest BCUT2D eigenvalue weighted by molar-refractivity contribution is -0.135. The average Bonchev–Trinajstić information content (AvgIpc) is 2.55. The SMILES string of the molecule is NC(CP(=O)(O)Oc1ccccc1)C(=O)NOCc1ccccc1. The van der Waals surface area contributed by atoms with Gasteiger partial charge in [-0.2, -0.15) is 0 Å². The third kappa shape index (κ3) is 6.14. The number of amides is 1. The van der Waals surface area contributed by atoms with Crippen LogP contribution >= 0.6 is 7.60 Å². The molecule has 7 nitrogen and oxygen atoms in total. The van der Waals surface area contributed by atoms with E-state index in [1.54, 1.807) is 18.2 Å². The van der Waals surface area contributed by atoms with Gasteiger partial charge in [-0.15, -0.1) is 0 Å². The molecule has 0 aromatic heterocycles. The van der Waals surface area contributed by atoms with E-state index in [2.05, 4.69) is 5.48 Å². The van der Waals surface area contributed by atoms with Gasteiger partial charge in [0.05, 0.1) is 18.8 Å². The minimum absolute atomic E-state index is 0.163. The average molecular weight is 350 g/mol. The third-order valence-electron chi connectivity index (χ3n) is 3.01. The van der Waals surface area contributed by atoms with Crippen molar-refractivity contribution in [3.8, 4) is 5.75 Å². The minimum atomic E-state index is -4.06. The molecule has 0 fully saturated rings. The molecule has 0 heterocycles. The Kier molecular flexibility index (Phi) is 6.52. The molecule has 0 spiro atoms. The van der Waals surface area contributed by atoms with Gasteiger partial charge in [0.25, 0.3) is 5.91 Å². The Morgan fingerprint density at radius 2 is 1.71 bits per heavy atom. The highest BCUT2D eigenvalue weighted by Crippen LogP contribution is 2.42. The third-order valence-corrected chi connectivity index (χ3v) is 4.36. The van der Waals surface area contributed by atoms with Crippen LogP contribution < -0.4 is 15.7 Å². The summed E-state index contributed by atoms with van der Waals surface area (Å²) in [7, 11) is -4.06. The maximum atomic E-state index is 12.0. The van der Waals surface area contributed by atoms with Crippen molar-refractivity contribution in [1.29, 1.82) is 0 Å². The molecule has 2 unspecified atom stereocenters. The van der Waals surface area contributed by atoms with Crippen LogP contribution in [-0.2, 0) is 20.8 Å². The maximum absolute atomic E-state index is 12.0. The van der Waals surface area contributed by atoms with Gasteiger partial charge < -0.3 is 15.2 Å². The van der Waals surface area contributed by atoms with E-state index in [9.17, 15) is 14.3 Å². The first-order valence-electron chi connectivity index (χ1n) is 7.24. The zero-order valence-corrected chi connectivity index (χ0v) is 13.8. The monoisotopic (exact) mass is 350 g/mol. The van der Waals surface area contributed by atoms with Crippen molar-refractivity contribution in [3.63, 3.8) is 0 Å². The molecule has 0 saturated heterocycles. The predicted octanol–water partition coefficient (Wildman–Crippen LogP) is 1.83. The molecule has 128 valence electrons. The quantitative estimate of drug-likeness (QED) is 0.495. The van der Waals surface area contributed by atoms with Crippen LogP contribution in [0.5, 0.6) is 5.75 Å². The Balaban J connectivity index is 1.79. The molecule has 0 bridgehead atoms. The number of nitrogens with one attached hydrogen (secondary N) is 1. The smallest absolute Gasteiger partial charge is 0.378 e. The molecule has 0 aliphatic carbocycles. The molecule has 4 N–H and O–H groups in total. The Hall–Kier alpha value is -2.18. The summed E-state index contributed by atoms with van der Waals surface area (Å²) in [5, 5.41) is 0. The fraction of sp³-hybridized carbons (Fsp3) is 0.188. The summed E-state index contributed by atoms with van der Waals surface area (Å²) in [5.41, 5.74) is 8.67. The van der Waals surface area contributed by atoms with E-state index < -0.39 is 25.7 Å². The molecule has 2 aromatic carbocycles. The summed E-state index contributed by atoms with van der Waals surface area (Å²) in [6, 6.07) is 16.1. The van der Waals surface area contributed by atoms with Crippen LogP contribution in [0.1, 0.15) is 5.56 Å². The van der Waals surface area contributed by atoms with Crippen molar-refractivity contribution >= 4 is 13.5 Å². The van der Waals surface area contributed by atoms with Crippen molar-refractivity contribution < 1.29 is 23.6 Å². The van der Waals surface area contributed by atoms with E-state index >= 15 is 0 Å². The van der Waals surface area contributed by atoms with Crippen LogP contribution in [0.4, 0.5) is 0 Å². The van der Waals surface area contributed by atoms with Crippen molar-refractivity contribution in [3.05, 3.63) is 66.2 Å². The lowest BCUT2D eigenvalue weighted by Gasteiger charge is -2.17. The van der Waals surface area contributed by atoms with E-state index in [-0.39, 0.29) is 12.4 Å². The zero-order chi connectivity index (χ0) is 17.4. The van der Waals surface area contributed by atoms with Crippen LogP contribution in [0.3, 0.4) is 0 Å². The van der Waals surface area contributed by atoms with E-state index in [1.807, 2.05) is 30.3 Å². The van der Waals surface area contributed by atoms with Gasteiger partial charge in [0, 0.05) is 0 Å².